The molecule has 1 amide bonds. The minimum atomic E-state index is -1.20. The number of anilines is 3. The first-order valence-electron chi connectivity index (χ1n) is 12.0. The van der Waals surface area contributed by atoms with Crippen LogP contribution in [0.3, 0.4) is 0 Å². The molecule has 4 aromatic rings. The summed E-state index contributed by atoms with van der Waals surface area (Å²) in [6, 6.07) is 11.0. The number of hydrogen-bond donors (Lipinski definition) is 2. The fourth-order valence-electron chi connectivity index (χ4n) is 4.19. The average Bonchev–Trinajstić information content (AvgIpc) is 3.72. The molecule has 1 saturated carbocycles. The highest BCUT2D eigenvalue weighted by molar-refractivity contribution is 14.1. The summed E-state index contributed by atoms with van der Waals surface area (Å²) >= 11 is 1.95. The van der Waals surface area contributed by atoms with Crippen molar-refractivity contribution in [1.29, 1.82) is 0 Å². The lowest BCUT2D eigenvalue weighted by atomic mass is 10.1. The highest BCUT2D eigenvalue weighted by Gasteiger charge is 2.31. The van der Waals surface area contributed by atoms with Gasteiger partial charge in [0.15, 0.2) is 0 Å². The van der Waals surface area contributed by atoms with Crippen molar-refractivity contribution in [2.75, 3.05) is 10.6 Å². The molecule has 2 aromatic heterocycles. The lowest BCUT2D eigenvalue weighted by molar-refractivity contribution is -0.118. The topological polar surface area (TPSA) is 98.0 Å². The van der Waals surface area contributed by atoms with Crippen LogP contribution < -0.4 is 21.8 Å². The zero-order chi connectivity index (χ0) is 27.3. The number of nitrogens with zero attached hydrogens (tertiary/aromatic N) is 3. The summed E-state index contributed by atoms with van der Waals surface area (Å²) in [4.78, 5) is 39.0. The van der Waals surface area contributed by atoms with Crippen LogP contribution in [0.15, 0.2) is 52.1 Å². The number of hydrogen-bond acceptors (Lipinski definition) is 5. The number of nitrogens with one attached hydrogen (secondary N) is 2. The van der Waals surface area contributed by atoms with Crippen molar-refractivity contribution in [2.45, 2.75) is 32.7 Å². The molecule has 0 radical (unpaired) electrons. The molecule has 196 valence electrons. The summed E-state index contributed by atoms with van der Waals surface area (Å²) in [5, 5.41) is 9.99. The van der Waals surface area contributed by atoms with E-state index in [0.29, 0.717) is 14.8 Å². The second-order valence-corrected chi connectivity index (χ2v) is 10.8. The molecular weight excluding hydrogens is 607 g/mol. The van der Waals surface area contributed by atoms with Crippen molar-refractivity contribution in [3.63, 3.8) is 0 Å². The number of amides is 1. The normalized spacial score (nSPS) is 13.2. The Morgan fingerprint density at radius 1 is 1.11 bits per heavy atom. The molecule has 1 fully saturated rings. The van der Waals surface area contributed by atoms with Crippen LogP contribution in [-0.2, 0) is 11.8 Å². The molecule has 0 atom stereocenters. The summed E-state index contributed by atoms with van der Waals surface area (Å²) in [7, 11) is 1.36. The van der Waals surface area contributed by atoms with Crippen LogP contribution in [0.1, 0.15) is 32.7 Å². The van der Waals surface area contributed by atoms with Gasteiger partial charge in [0.2, 0.25) is 11.7 Å². The van der Waals surface area contributed by atoms with Gasteiger partial charge in [-0.2, -0.15) is 9.49 Å². The highest BCUT2D eigenvalue weighted by Crippen LogP contribution is 2.37. The molecule has 0 unspecified atom stereocenters. The van der Waals surface area contributed by atoms with E-state index in [1.807, 2.05) is 22.6 Å². The number of pyridine rings is 1. The molecule has 0 bridgehead atoms. The number of benzene rings is 2. The van der Waals surface area contributed by atoms with Gasteiger partial charge in [-0.3, -0.25) is 14.4 Å². The second-order valence-electron chi connectivity index (χ2n) is 9.58. The molecule has 0 saturated heterocycles. The fraction of sp³-hybridized carbons (Fsp3) is 0.259. The molecule has 5 rings (SSSR count). The van der Waals surface area contributed by atoms with Gasteiger partial charge in [-0.15, -0.1) is 0 Å². The van der Waals surface area contributed by atoms with Crippen LogP contribution in [0.2, 0.25) is 0 Å². The number of halogens is 3. The van der Waals surface area contributed by atoms with E-state index in [4.69, 9.17) is 0 Å². The van der Waals surface area contributed by atoms with E-state index < -0.39 is 28.4 Å². The third-order valence-corrected chi connectivity index (χ3v) is 7.07. The standard InChI is InChI=1S/C27H24F2IN5O3/c1-13(2)25(36)31-16-6-4-5-14(11-16)22-24-20(26(37)35(33-22)17-8-9-17)23(21(29)27(38)34(24)3)32-19-10-7-15(30)12-18(19)28/h4-7,10-13,17,32H,8-9H2,1-3H3,(H,31,36). The minimum Gasteiger partial charge on any atom is -0.350 e. The van der Waals surface area contributed by atoms with Gasteiger partial charge in [0.25, 0.3) is 11.1 Å². The number of fused-ring (bicyclic) bond motifs is 1. The van der Waals surface area contributed by atoms with E-state index in [1.54, 1.807) is 44.2 Å². The molecular formula is C27H24F2IN5O3. The van der Waals surface area contributed by atoms with Crippen molar-refractivity contribution in [3.05, 3.63) is 78.4 Å². The molecule has 2 N–H and O–H groups in total. The van der Waals surface area contributed by atoms with Crippen molar-refractivity contribution < 1.29 is 13.6 Å². The molecule has 1 aliphatic rings. The van der Waals surface area contributed by atoms with Crippen LogP contribution in [0.5, 0.6) is 0 Å². The molecule has 1 aliphatic carbocycles. The van der Waals surface area contributed by atoms with Crippen molar-refractivity contribution in [2.24, 2.45) is 13.0 Å². The Kier molecular flexibility index (Phi) is 6.80. The van der Waals surface area contributed by atoms with Crippen molar-refractivity contribution in [3.8, 4) is 11.3 Å². The lowest BCUT2D eigenvalue weighted by Crippen LogP contribution is -2.30. The van der Waals surface area contributed by atoms with Gasteiger partial charge in [-0.05, 0) is 65.8 Å². The van der Waals surface area contributed by atoms with Gasteiger partial charge in [0, 0.05) is 27.8 Å². The largest absolute Gasteiger partial charge is 0.350 e. The summed E-state index contributed by atoms with van der Waals surface area (Å²) in [6.07, 6.45) is 1.45. The third kappa shape index (κ3) is 4.70. The van der Waals surface area contributed by atoms with Gasteiger partial charge in [-0.25, -0.2) is 9.07 Å². The Labute approximate surface area is 229 Å². The first-order valence-corrected chi connectivity index (χ1v) is 13.1. The van der Waals surface area contributed by atoms with E-state index in [9.17, 15) is 18.8 Å². The Morgan fingerprint density at radius 2 is 1.84 bits per heavy atom. The molecule has 38 heavy (non-hydrogen) atoms. The maximum absolute atomic E-state index is 15.5. The second kappa shape index (κ2) is 9.93. The zero-order valence-electron chi connectivity index (χ0n) is 20.8. The zero-order valence-corrected chi connectivity index (χ0v) is 23.0. The SMILES string of the molecule is CC(C)C(=O)Nc1cccc(-c2nn(C3CC3)c(=O)c3c(Nc4ccc(I)cc4F)c(F)c(=O)n(C)c23)c1. The number of aryl methyl sites for hydroxylation is 1. The molecule has 2 heterocycles. The Morgan fingerprint density at radius 3 is 2.50 bits per heavy atom. The number of carbonyl (C=O) groups excluding carboxylic acids is 1. The van der Waals surface area contributed by atoms with Crippen molar-refractivity contribution in [1.82, 2.24) is 14.3 Å². The smallest absolute Gasteiger partial charge is 0.289 e. The van der Waals surface area contributed by atoms with Crippen LogP contribution in [0, 0.1) is 21.1 Å². The van der Waals surface area contributed by atoms with Gasteiger partial charge in [0.05, 0.1) is 28.3 Å². The van der Waals surface area contributed by atoms with E-state index >= 15 is 4.39 Å². The molecule has 0 spiro atoms. The van der Waals surface area contributed by atoms with E-state index in [2.05, 4.69) is 15.7 Å². The number of carbonyl (C=O) groups is 1. The molecule has 11 heteroatoms. The quantitative estimate of drug-likeness (QED) is 0.281. The summed E-state index contributed by atoms with van der Waals surface area (Å²) in [6.45, 7) is 3.55. The summed E-state index contributed by atoms with van der Waals surface area (Å²) in [5.41, 5.74) is -0.689. The molecule has 8 nitrogen and oxygen atoms in total. The van der Waals surface area contributed by atoms with Crippen LogP contribution >= 0.6 is 22.6 Å². The Balaban J connectivity index is 1.80. The molecule has 0 aliphatic heterocycles. The lowest BCUT2D eigenvalue weighted by Gasteiger charge is -2.18. The Hall–Kier alpha value is -3.61. The average molecular weight is 631 g/mol. The van der Waals surface area contributed by atoms with Crippen LogP contribution in [-0.4, -0.2) is 20.3 Å². The van der Waals surface area contributed by atoms with Gasteiger partial charge in [0.1, 0.15) is 11.5 Å². The van der Waals surface area contributed by atoms with E-state index in [-0.39, 0.29) is 40.2 Å². The highest BCUT2D eigenvalue weighted by atomic mass is 127. The van der Waals surface area contributed by atoms with E-state index in [0.717, 1.165) is 17.4 Å². The van der Waals surface area contributed by atoms with E-state index in [1.165, 1.54) is 23.9 Å². The predicted molar refractivity (Wildman–Crippen MR) is 151 cm³/mol. The van der Waals surface area contributed by atoms with Gasteiger partial charge in [-0.1, -0.05) is 26.0 Å². The first-order chi connectivity index (χ1) is 18.1. The monoisotopic (exact) mass is 631 g/mol. The third-order valence-electron chi connectivity index (χ3n) is 6.40. The summed E-state index contributed by atoms with van der Waals surface area (Å²) < 4.78 is 33.2. The molecule has 2 aromatic carbocycles. The Bertz CT molecular complexity index is 1730. The van der Waals surface area contributed by atoms with Gasteiger partial charge < -0.3 is 15.2 Å². The first kappa shape index (κ1) is 26.0. The van der Waals surface area contributed by atoms with Crippen LogP contribution in [0.25, 0.3) is 22.2 Å². The summed E-state index contributed by atoms with van der Waals surface area (Å²) in [5.74, 6) is -2.28. The van der Waals surface area contributed by atoms with Crippen LogP contribution in [0.4, 0.5) is 25.8 Å². The predicted octanol–water partition coefficient (Wildman–Crippen LogP) is 5.32. The maximum atomic E-state index is 15.5. The fourth-order valence-corrected chi connectivity index (χ4v) is 4.64. The van der Waals surface area contributed by atoms with Gasteiger partial charge >= 0.3 is 0 Å². The minimum absolute atomic E-state index is 0.0759. The van der Waals surface area contributed by atoms with Crippen molar-refractivity contribution >= 4 is 56.5 Å². The maximum Gasteiger partial charge on any atom is 0.289 e. The number of rotatable bonds is 6. The number of aromatic nitrogens is 3.